The summed E-state index contributed by atoms with van der Waals surface area (Å²) in [5.74, 6) is -5.07. The number of rotatable bonds is 5. The van der Waals surface area contributed by atoms with Gasteiger partial charge in [0.25, 0.3) is 0 Å². The third-order valence-electron chi connectivity index (χ3n) is 10.8. The molecule has 10 heteroatoms. The van der Waals surface area contributed by atoms with Gasteiger partial charge in [-0.05, 0) is 102 Å². The zero-order chi connectivity index (χ0) is 34.2. The molecular formula is C39H30ClIN2O6. The Morgan fingerprint density at radius 1 is 0.816 bits per heavy atom. The molecule has 1 saturated carbocycles. The van der Waals surface area contributed by atoms with Crippen molar-refractivity contribution in [3.8, 4) is 11.5 Å². The summed E-state index contributed by atoms with van der Waals surface area (Å²) in [6.07, 6.45) is 2.38. The molecule has 4 amide bonds. The highest BCUT2D eigenvalue weighted by Crippen LogP contribution is 2.66. The number of hydrogen-bond donors (Lipinski definition) is 1. The van der Waals surface area contributed by atoms with Crippen LogP contribution in [-0.4, -0.2) is 35.8 Å². The first-order valence-corrected chi connectivity index (χ1v) is 17.5. The standard InChI is InChI=1S/C39H30ClIN2O6/c1-49-31-12-6-11-30(44)33(31)34-26-17-18-27-32(37(47)42(35(27)45)24-15-13-23(41)14-16-24)28(26)20-29-36(46)43(25-10-5-9-22(40)19-25)38(48)39(29,34)21-7-3-2-4-8-21/h2-17,19,27-29,32,34,44H,18,20H2,1H3. The van der Waals surface area contributed by atoms with E-state index in [1.165, 1.54) is 16.9 Å². The number of amides is 4. The Morgan fingerprint density at radius 2 is 1.55 bits per heavy atom. The summed E-state index contributed by atoms with van der Waals surface area (Å²) in [6.45, 7) is 0. The number of fused-ring (bicyclic) bond motifs is 4. The van der Waals surface area contributed by atoms with Gasteiger partial charge in [-0.1, -0.05) is 65.7 Å². The quantitative estimate of drug-likeness (QED) is 0.133. The van der Waals surface area contributed by atoms with E-state index in [0.717, 1.165) is 9.14 Å². The number of methoxy groups -OCH3 is 1. The van der Waals surface area contributed by atoms with E-state index in [0.29, 0.717) is 33.3 Å². The number of carbonyl (C=O) groups is 4. The number of nitrogens with zero attached hydrogens (tertiary/aromatic N) is 2. The maximum absolute atomic E-state index is 15.3. The second-order valence-corrected chi connectivity index (χ2v) is 14.7. The summed E-state index contributed by atoms with van der Waals surface area (Å²) in [7, 11) is 1.49. The van der Waals surface area contributed by atoms with Crippen molar-refractivity contribution in [3.05, 3.63) is 128 Å². The van der Waals surface area contributed by atoms with Crippen LogP contribution in [0.3, 0.4) is 0 Å². The fourth-order valence-electron chi connectivity index (χ4n) is 8.90. The fourth-order valence-corrected chi connectivity index (χ4v) is 9.45. The number of ether oxygens (including phenoxy) is 1. The lowest BCUT2D eigenvalue weighted by molar-refractivity contribution is -0.127. The van der Waals surface area contributed by atoms with Crippen molar-refractivity contribution < 1.29 is 29.0 Å². The first kappa shape index (κ1) is 31.8. The molecule has 8 nitrogen and oxygen atoms in total. The highest BCUT2D eigenvalue weighted by Gasteiger charge is 2.71. The summed E-state index contributed by atoms with van der Waals surface area (Å²) in [6, 6.07) is 28.0. The Hall–Kier alpha value is -4.48. The number of aromatic hydroxyl groups is 1. The molecule has 0 aromatic heterocycles. The van der Waals surface area contributed by atoms with Crippen LogP contribution < -0.4 is 14.5 Å². The van der Waals surface area contributed by atoms with Crippen molar-refractivity contribution in [3.63, 3.8) is 0 Å². The molecule has 4 aromatic carbocycles. The van der Waals surface area contributed by atoms with Gasteiger partial charge in [-0.25, -0.2) is 4.90 Å². The lowest BCUT2D eigenvalue weighted by Crippen LogP contribution is -2.53. The predicted octanol–water partition coefficient (Wildman–Crippen LogP) is 7.03. The van der Waals surface area contributed by atoms with Gasteiger partial charge in [0, 0.05) is 20.1 Å². The molecule has 4 aromatic rings. The monoisotopic (exact) mass is 784 g/mol. The summed E-state index contributed by atoms with van der Waals surface area (Å²) >= 11 is 8.57. The highest BCUT2D eigenvalue weighted by atomic mass is 127. The number of phenols is 1. The van der Waals surface area contributed by atoms with Crippen molar-refractivity contribution in [2.45, 2.75) is 24.2 Å². The first-order valence-electron chi connectivity index (χ1n) is 16.1. The van der Waals surface area contributed by atoms with E-state index >= 15 is 4.79 Å². The number of imide groups is 2. The molecule has 6 unspecified atom stereocenters. The smallest absolute Gasteiger partial charge is 0.246 e. The van der Waals surface area contributed by atoms with Gasteiger partial charge in [0.1, 0.15) is 11.5 Å². The summed E-state index contributed by atoms with van der Waals surface area (Å²) in [5, 5.41) is 12.0. The second-order valence-electron chi connectivity index (χ2n) is 13.0. The average Bonchev–Trinajstić information content (AvgIpc) is 3.50. The van der Waals surface area contributed by atoms with Crippen LogP contribution in [0.15, 0.2) is 109 Å². The maximum Gasteiger partial charge on any atom is 0.246 e. The van der Waals surface area contributed by atoms with Crippen molar-refractivity contribution in [1.82, 2.24) is 0 Å². The summed E-state index contributed by atoms with van der Waals surface area (Å²) in [4.78, 5) is 61.1. The molecule has 4 aliphatic rings. The number of benzene rings is 4. The molecule has 3 fully saturated rings. The van der Waals surface area contributed by atoms with Gasteiger partial charge < -0.3 is 9.84 Å². The second kappa shape index (κ2) is 11.8. The Labute approximate surface area is 301 Å². The van der Waals surface area contributed by atoms with Crippen molar-refractivity contribution in [1.29, 1.82) is 0 Å². The van der Waals surface area contributed by atoms with Gasteiger partial charge in [-0.3, -0.25) is 24.1 Å². The Kier molecular flexibility index (Phi) is 7.68. The predicted molar refractivity (Wildman–Crippen MR) is 192 cm³/mol. The fraction of sp³-hybridized carbons (Fsp3) is 0.231. The molecular weight excluding hydrogens is 755 g/mol. The SMILES string of the molecule is COc1cccc(O)c1C1C2=CCC3C(=O)N(c4ccc(I)cc4)C(=O)C3C2CC2C(=O)N(c3cccc(Cl)c3)C(=O)C21c1ccccc1. The minimum Gasteiger partial charge on any atom is -0.508 e. The summed E-state index contributed by atoms with van der Waals surface area (Å²) < 4.78 is 6.81. The Morgan fingerprint density at radius 3 is 2.27 bits per heavy atom. The van der Waals surface area contributed by atoms with Crippen LogP contribution in [0.2, 0.25) is 5.02 Å². The van der Waals surface area contributed by atoms with Crippen LogP contribution in [0.4, 0.5) is 11.4 Å². The molecule has 2 aliphatic carbocycles. The largest absolute Gasteiger partial charge is 0.508 e. The van der Waals surface area contributed by atoms with Gasteiger partial charge in [0.05, 0.1) is 41.7 Å². The van der Waals surface area contributed by atoms with Gasteiger partial charge in [-0.15, -0.1) is 0 Å². The average molecular weight is 785 g/mol. The lowest BCUT2D eigenvalue weighted by atomic mass is 9.49. The zero-order valence-corrected chi connectivity index (χ0v) is 29.2. The first-order chi connectivity index (χ1) is 23.7. The van der Waals surface area contributed by atoms with Crippen LogP contribution in [0.1, 0.15) is 29.9 Å². The van der Waals surface area contributed by atoms with Gasteiger partial charge in [0.2, 0.25) is 23.6 Å². The van der Waals surface area contributed by atoms with E-state index in [-0.39, 0.29) is 30.4 Å². The van der Waals surface area contributed by atoms with Crippen molar-refractivity contribution >= 4 is 69.2 Å². The minimum absolute atomic E-state index is 0.0992. The molecule has 2 aliphatic heterocycles. The molecule has 49 heavy (non-hydrogen) atoms. The van der Waals surface area contributed by atoms with Crippen molar-refractivity contribution in [2.24, 2.45) is 23.7 Å². The van der Waals surface area contributed by atoms with Crippen LogP contribution in [-0.2, 0) is 24.6 Å². The molecule has 2 heterocycles. The van der Waals surface area contributed by atoms with E-state index in [1.54, 1.807) is 54.6 Å². The van der Waals surface area contributed by atoms with E-state index in [2.05, 4.69) is 22.6 Å². The third-order valence-corrected chi connectivity index (χ3v) is 11.8. The van der Waals surface area contributed by atoms with Gasteiger partial charge in [0.15, 0.2) is 0 Å². The lowest BCUT2D eigenvalue weighted by Gasteiger charge is -2.51. The number of allylic oxidation sites excluding steroid dienone is 2. The molecule has 1 N–H and O–H groups in total. The molecule has 0 radical (unpaired) electrons. The molecule has 0 spiro atoms. The van der Waals surface area contributed by atoms with Crippen LogP contribution in [0.25, 0.3) is 0 Å². The molecule has 0 bridgehead atoms. The Bertz CT molecular complexity index is 2080. The Balaban J connectivity index is 1.38. The number of halogens is 2. The zero-order valence-electron chi connectivity index (χ0n) is 26.3. The van der Waals surface area contributed by atoms with E-state index in [1.807, 2.05) is 48.5 Å². The molecule has 6 atom stereocenters. The molecule has 246 valence electrons. The van der Waals surface area contributed by atoms with Crippen molar-refractivity contribution in [2.75, 3.05) is 16.9 Å². The number of carbonyl (C=O) groups excluding carboxylic acids is 4. The highest BCUT2D eigenvalue weighted by molar-refractivity contribution is 14.1. The van der Waals surface area contributed by atoms with Crippen LogP contribution >= 0.6 is 34.2 Å². The van der Waals surface area contributed by atoms with E-state index < -0.39 is 46.8 Å². The van der Waals surface area contributed by atoms with Crippen LogP contribution in [0, 0.1) is 27.2 Å². The number of anilines is 2. The normalized spacial score (nSPS) is 27.5. The maximum atomic E-state index is 15.3. The van der Waals surface area contributed by atoms with E-state index in [4.69, 9.17) is 16.3 Å². The summed E-state index contributed by atoms with van der Waals surface area (Å²) in [5.41, 5.74) is 1.01. The van der Waals surface area contributed by atoms with Crippen LogP contribution in [0.5, 0.6) is 11.5 Å². The van der Waals surface area contributed by atoms with E-state index in [9.17, 15) is 19.5 Å². The third kappa shape index (κ3) is 4.54. The molecule has 2 saturated heterocycles. The number of hydrogen-bond acceptors (Lipinski definition) is 6. The molecule has 8 rings (SSSR count). The minimum atomic E-state index is -1.52. The van der Waals surface area contributed by atoms with Gasteiger partial charge in [-0.2, -0.15) is 0 Å². The number of phenolic OH excluding ortho intramolecular Hbond substituents is 1. The van der Waals surface area contributed by atoms with Gasteiger partial charge >= 0.3 is 0 Å². The topological polar surface area (TPSA) is 104 Å².